The fraction of sp³-hybridized carbons (Fsp3) is 0.500. The Labute approximate surface area is 171 Å². The molecule has 0 bridgehead atoms. The molecular formula is C26H36O2. The van der Waals surface area contributed by atoms with E-state index in [-0.39, 0.29) is 5.78 Å². The molecule has 2 rings (SSSR count). The fourth-order valence-electron chi connectivity index (χ4n) is 3.62. The van der Waals surface area contributed by atoms with E-state index in [1.54, 1.807) is 0 Å². The van der Waals surface area contributed by atoms with Crippen molar-refractivity contribution in [3.8, 4) is 5.75 Å². The van der Waals surface area contributed by atoms with Crippen LogP contribution in [0.25, 0.3) is 0 Å². The van der Waals surface area contributed by atoms with Crippen molar-refractivity contribution in [3.05, 3.63) is 64.8 Å². The lowest BCUT2D eigenvalue weighted by Crippen LogP contribution is -2.38. The Morgan fingerprint density at radius 2 is 1.57 bits per heavy atom. The second-order valence-electron chi connectivity index (χ2n) is 8.65. The highest BCUT2D eigenvalue weighted by atomic mass is 16.5. The van der Waals surface area contributed by atoms with Crippen LogP contribution in [0, 0.1) is 0 Å². The van der Waals surface area contributed by atoms with Crippen LogP contribution in [-0.4, -0.2) is 11.4 Å². The van der Waals surface area contributed by atoms with Gasteiger partial charge in [-0.15, -0.1) is 0 Å². The van der Waals surface area contributed by atoms with E-state index < -0.39 is 5.60 Å². The third kappa shape index (κ3) is 7.14. The molecule has 0 N–H and O–H groups in total. The van der Waals surface area contributed by atoms with E-state index in [2.05, 4.69) is 52.8 Å². The topological polar surface area (TPSA) is 26.3 Å². The molecule has 0 spiro atoms. The summed E-state index contributed by atoms with van der Waals surface area (Å²) in [7, 11) is 0. The molecule has 0 fully saturated rings. The van der Waals surface area contributed by atoms with Crippen LogP contribution in [0.2, 0.25) is 0 Å². The number of allylic oxidation sites excluding steroid dienone is 6. The number of rotatable bonds is 9. The number of benzene rings is 1. The lowest BCUT2D eigenvalue weighted by atomic mass is 9.87. The fourth-order valence-corrected chi connectivity index (χ4v) is 3.62. The van der Waals surface area contributed by atoms with E-state index in [4.69, 9.17) is 4.74 Å². The molecule has 2 nitrogen and oxygen atoms in total. The summed E-state index contributed by atoms with van der Waals surface area (Å²) < 4.78 is 6.17. The quantitative estimate of drug-likeness (QED) is 0.412. The molecule has 1 aliphatic heterocycles. The first-order valence-corrected chi connectivity index (χ1v) is 10.5. The molecule has 152 valence electrons. The summed E-state index contributed by atoms with van der Waals surface area (Å²) in [6.45, 7) is 10.8. The predicted octanol–water partition coefficient (Wildman–Crippen LogP) is 7.61. The van der Waals surface area contributed by atoms with Crippen molar-refractivity contribution in [1.29, 1.82) is 0 Å². The van der Waals surface area contributed by atoms with E-state index >= 15 is 0 Å². The van der Waals surface area contributed by atoms with Crippen molar-refractivity contribution >= 4 is 5.78 Å². The van der Waals surface area contributed by atoms with Gasteiger partial charge in [0, 0.05) is 0 Å². The van der Waals surface area contributed by atoms with Crippen LogP contribution in [0.3, 0.4) is 0 Å². The lowest BCUT2D eigenvalue weighted by molar-refractivity contribution is 0.0475. The number of fused-ring (bicyclic) bond motifs is 1. The number of para-hydroxylation sites is 1. The van der Waals surface area contributed by atoms with Gasteiger partial charge in [0.2, 0.25) is 0 Å². The summed E-state index contributed by atoms with van der Waals surface area (Å²) in [5.74, 6) is 0.925. The Bertz CT molecular complexity index is 762. The van der Waals surface area contributed by atoms with Gasteiger partial charge in [0.05, 0.1) is 12.0 Å². The summed E-state index contributed by atoms with van der Waals surface area (Å²) in [4.78, 5) is 12.4. The predicted molar refractivity (Wildman–Crippen MR) is 119 cm³/mol. The Morgan fingerprint density at radius 3 is 2.25 bits per heavy atom. The molecule has 0 saturated carbocycles. The summed E-state index contributed by atoms with van der Waals surface area (Å²) >= 11 is 0. The van der Waals surface area contributed by atoms with Gasteiger partial charge in [0.15, 0.2) is 5.78 Å². The molecule has 0 aromatic heterocycles. The van der Waals surface area contributed by atoms with Gasteiger partial charge in [-0.25, -0.2) is 0 Å². The minimum atomic E-state index is -0.399. The van der Waals surface area contributed by atoms with Crippen LogP contribution >= 0.6 is 0 Å². The third-order valence-corrected chi connectivity index (χ3v) is 5.37. The highest BCUT2D eigenvalue weighted by Crippen LogP contribution is 2.35. The largest absolute Gasteiger partial charge is 0.486 e. The number of carbonyl (C=O) groups is 1. The molecule has 0 radical (unpaired) electrons. The first-order chi connectivity index (χ1) is 13.3. The number of hydrogen-bond donors (Lipinski definition) is 0. The maximum Gasteiger partial charge on any atom is 0.170 e. The summed E-state index contributed by atoms with van der Waals surface area (Å²) in [6, 6.07) is 7.58. The number of carbonyl (C=O) groups excluding carboxylic acids is 1. The Balaban J connectivity index is 1.78. The minimum absolute atomic E-state index is 0.193. The SMILES string of the molecule is CC(C)=CCC/C(C)=C/CC/C(C)=C/CCC1(C)CC(=O)c2ccccc2O1. The molecule has 0 saturated heterocycles. The van der Waals surface area contributed by atoms with E-state index in [1.165, 1.54) is 16.7 Å². The second kappa shape index (κ2) is 10.5. The standard InChI is InChI=1S/C26H36O2/c1-20(2)11-8-12-21(3)13-9-14-22(4)15-10-18-26(5)19-24(27)23-16-6-7-17-25(23)28-26/h6-7,11,13,15-17H,8-10,12,14,18-19H2,1-5H3/b21-13+,22-15+. The van der Waals surface area contributed by atoms with Crippen LogP contribution < -0.4 is 4.74 Å². The smallest absolute Gasteiger partial charge is 0.170 e. The third-order valence-electron chi connectivity index (χ3n) is 5.37. The van der Waals surface area contributed by atoms with Gasteiger partial charge in [-0.2, -0.15) is 0 Å². The van der Waals surface area contributed by atoms with E-state index in [0.717, 1.165) is 49.8 Å². The highest BCUT2D eigenvalue weighted by Gasteiger charge is 2.35. The Kier molecular flexibility index (Phi) is 8.29. The zero-order chi connectivity index (χ0) is 20.6. The second-order valence-corrected chi connectivity index (χ2v) is 8.65. The van der Waals surface area contributed by atoms with Crippen molar-refractivity contribution in [1.82, 2.24) is 0 Å². The summed E-state index contributed by atoms with van der Waals surface area (Å²) in [5.41, 5.74) is 4.61. The highest BCUT2D eigenvalue weighted by molar-refractivity contribution is 6.00. The van der Waals surface area contributed by atoms with Gasteiger partial charge in [-0.1, -0.05) is 47.1 Å². The van der Waals surface area contributed by atoms with Crippen molar-refractivity contribution in [3.63, 3.8) is 0 Å². The molecule has 0 amide bonds. The van der Waals surface area contributed by atoms with E-state index in [9.17, 15) is 4.79 Å². The van der Waals surface area contributed by atoms with Gasteiger partial charge in [-0.05, 0) is 85.3 Å². The normalized spacial score (nSPS) is 19.8. The molecule has 1 aliphatic rings. The number of hydrogen-bond acceptors (Lipinski definition) is 2. The van der Waals surface area contributed by atoms with E-state index in [1.807, 2.05) is 24.3 Å². The van der Waals surface area contributed by atoms with Gasteiger partial charge in [-0.3, -0.25) is 4.79 Å². The number of ketones is 1. The molecular weight excluding hydrogens is 344 g/mol. The molecule has 2 heteroatoms. The van der Waals surface area contributed by atoms with E-state index in [0.29, 0.717) is 6.42 Å². The summed E-state index contributed by atoms with van der Waals surface area (Å²) in [5, 5.41) is 0. The average molecular weight is 381 g/mol. The first-order valence-electron chi connectivity index (χ1n) is 10.5. The number of Topliss-reactive ketones (excluding diaryl/α,β-unsaturated/α-hetero) is 1. The Hall–Kier alpha value is -2.09. The lowest BCUT2D eigenvalue weighted by Gasteiger charge is -2.34. The van der Waals surface area contributed by atoms with Gasteiger partial charge in [0.1, 0.15) is 11.4 Å². The van der Waals surface area contributed by atoms with Gasteiger partial charge in [0.25, 0.3) is 0 Å². The van der Waals surface area contributed by atoms with Crippen LogP contribution in [0.4, 0.5) is 0 Å². The first kappa shape index (κ1) is 22.2. The van der Waals surface area contributed by atoms with Crippen LogP contribution in [-0.2, 0) is 0 Å². The molecule has 1 heterocycles. The number of ether oxygens (including phenoxy) is 1. The minimum Gasteiger partial charge on any atom is -0.486 e. The molecule has 1 unspecified atom stereocenters. The van der Waals surface area contributed by atoms with Crippen molar-refractivity contribution in [2.24, 2.45) is 0 Å². The molecule has 0 aliphatic carbocycles. The molecule has 28 heavy (non-hydrogen) atoms. The maximum absolute atomic E-state index is 12.4. The van der Waals surface area contributed by atoms with Crippen LogP contribution in [0.15, 0.2) is 59.2 Å². The van der Waals surface area contributed by atoms with Crippen molar-refractivity contribution < 1.29 is 9.53 Å². The molecule has 1 aromatic rings. The average Bonchev–Trinajstić information content (AvgIpc) is 2.61. The molecule has 1 atom stereocenters. The summed E-state index contributed by atoms with van der Waals surface area (Å²) in [6.07, 6.45) is 13.7. The van der Waals surface area contributed by atoms with Gasteiger partial charge < -0.3 is 4.74 Å². The van der Waals surface area contributed by atoms with Crippen molar-refractivity contribution in [2.75, 3.05) is 0 Å². The zero-order valence-corrected chi connectivity index (χ0v) is 18.3. The van der Waals surface area contributed by atoms with Gasteiger partial charge >= 0.3 is 0 Å². The Morgan fingerprint density at radius 1 is 0.964 bits per heavy atom. The van der Waals surface area contributed by atoms with Crippen LogP contribution in [0.1, 0.15) is 89.9 Å². The monoisotopic (exact) mass is 380 g/mol. The zero-order valence-electron chi connectivity index (χ0n) is 18.3. The van der Waals surface area contributed by atoms with Crippen LogP contribution in [0.5, 0.6) is 5.75 Å². The molecule has 1 aromatic carbocycles. The van der Waals surface area contributed by atoms with Crippen molar-refractivity contribution in [2.45, 2.75) is 85.2 Å². The maximum atomic E-state index is 12.4.